The highest BCUT2D eigenvalue weighted by Gasteiger charge is 2.53. The van der Waals surface area contributed by atoms with E-state index in [0.29, 0.717) is 12.1 Å². The lowest BCUT2D eigenvalue weighted by atomic mass is 10.00. The highest BCUT2D eigenvalue weighted by molar-refractivity contribution is 7.92. The van der Waals surface area contributed by atoms with Gasteiger partial charge in [0.1, 0.15) is 0 Å². The summed E-state index contributed by atoms with van der Waals surface area (Å²) in [4.78, 5) is 25.0. The van der Waals surface area contributed by atoms with Crippen LogP contribution in [0.3, 0.4) is 0 Å². The number of hydrogen-bond acceptors (Lipinski definition) is 7. The maximum absolute atomic E-state index is 13.0. The number of carbonyl (C=O) groups excluding carboxylic acids is 1. The second-order valence-electron chi connectivity index (χ2n) is 8.46. The molecule has 0 saturated carbocycles. The third-order valence-corrected chi connectivity index (χ3v) is 8.61. The number of aromatic nitrogens is 2. The van der Waals surface area contributed by atoms with Crippen molar-refractivity contribution in [3.8, 4) is 11.3 Å². The number of nitrogens with zero attached hydrogens (tertiary/aromatic N) is 4. The fourth-order valence-electron chi connectivity index (χ4n) is 4.49. The van der Waals surface area contributed by atoms with Gasteiger partial charge < -0.3 is 14.9 Å². The zero-order valence-electron chi connectivity index (χ0n) is 18.6. The van der Waals surface area contributed by atoms with E-state index in [-0.39, 0.29) is 36.6 Å². The summed E-state index contributed by atoms with van der Waals surface area (Å²) in [6.45, 7) is 4.50. The highest BCUT2D eigenvalue weighted by Crippen LogP contribution is 2.36. The first-order valence-corrected chi connectivity index (χ1v) is 12.0. The Morgan fingerprint density at radius 1 is 1.19 bits per heavy atom. The lowest BCUT2D eigenvalue weighted by Gasteiger charge is -2.25. The summed E-state index contributed by atoms with van der Waals surface area (Å²) >= 11 is 0. The van der Waals surface area contributed by atoms with Gasteiger partial charge in [-0.2, -0.15) is 10.2 Å². The van der Waals surface area contributed by atoms with Gasteiger partial charge in [-0.25, -0.2) is 8.42 Å². The SMILES string of the molecule is Cc1cnnc(-c2ccc(C(=O)N3C[C@H]4[C@@H](N(C)C)CS(=O)(=O)[C@H]4C3)cc2)c1C.O=CO. The van der Waals surface area contributed by atoms with Crippen molar-refractivity contribution in [2.24, 2.45) is 5.92 Å². The van der Waals surface area contributed by atoms with Gasteiger partial charge in [-0.05, 0) is 51.2 Å². The molecule has 0 radical (unpaired) electrons. The van der Waals surface area contributed by atoms with Crippen LogP contribution < -0.4 is 0 Å². The number of aryl methyl sites for hydroxylation is 1. The van der Waals surface area contributed by atoms with Gasteiger partial charge in [-0.3, -0.25) is 9.59 Å². The molecule has 2 fully saturated rings. The molecule has 4 rings (SSSR count). The molecule has 0 aliphatic carbocycles. The van der Waals surface area contributed by atoms with Crippen molar-refractivity contribution in [1.82, 2.24) is 20.0 Å². The molecule has 3 heterocycles. The molecule has 0 spiro atoms. The first kappa shape index (κ1) is 23.8. The Labute approximate surface area is 188 Å². The zero-order chi connectivity index (χ0) is 23.6. The van der Waals surface area contributed by atoms with Gasteiger partial charge >= 0.3 is 0 Å². The van der Waals surface area contributed by atoms with Gasteiger partial charge in [0.05, 0.1) is 22.9 Å². The van der Waals surface area contributed by atoms with Crippen LogP contribution in [0.5, 0.6) is 0 Å². The monoisotopic (exact) mass is 460 g/mol. The van der Waals surface area contributed by atoms with E-state index in [4.69, 9.17) is 9.90 Å². The fraction of sp³-hybridized carbons (Fsp3) is 0.455. The standard InChI is InChI=1S/C21H26N4O3S.CH2O2/c1-13-9-22-23-20(14(13)2)15-5-7-16(8-6-15)21(26)25-10-17-18(24(3)4)12-29(27,28)19(17)11-25;2-1-3/h5-9,17-19H,10-12H2,1-4H3;1H,(H,2,3)/t17-,18-,19-;/m0./s1. The number of carboxylic acid groups (broad SMARTS) is 1. The fourth-order valence-corrected chi connectivity index (χ4v) is 6.97. The Bertz CT molecular complexity index is 1100. The van der Waals surface area contributed by atoms with Gasteiger partial charge in [0.25, 0.3) is 12.4 Å². The second-order valence-corrected chi connectivity index (χ2v) is 10.7. The number of fused-ring (bicyclic) bond motifs is 1. The predicted molar refractivity (Wildman–Crippen MR) is 120 cm³/mol. The van der Waals surface area contributed by atoms with Crippen LogP contribution in [0.1, 0.15) is 21.5 Å². The van der Waals surface area contributed by atoms with E-state index in [1.54, 1.807) is 23.2 Å². The molecule has 2 aliphatic heterocycles. The average molecular weight is 461 g/mol. The molecule has 1 aromatic carbocycles. The van der Waals surface area contributed by atoms with E-state index < -0.39 is 15.1 Å². The maximum atomic E-state index is 13.0. The van der Waals surface area contributed by atoms with Gasteiger partial charge in [0, 0.05) is 36.2 Å². The smallest absolute Gasteiger partial charge is 0.290 e. The Morgan fingerprint density at radius 2 is 1.81 bits per heavy atom. The Balaban J connectivity index is 0.000000913. The maximum Gasteiger partial charge on any atom is 0.290 e. The summed E-state index contributed by atoms with van der Waals surface area (Å²) < 4.78 is 25.1. The van der Waals surface area contributed by atoms with Gasteiger partial charge in [0.15, 0.2) is 9.84 Å². The minimum atomic E-state index is -3.17. The summed E-state index contributed by atoms with van der Waals surface area (Å²) in [6, 6.07) is 7.29. The van der Waals surface area contributed by atoms with Crippen LogP contribution in [0.4, 0.5) is 0 Å². The van der Waals surface area contributed by atoms with Crippen molar-refractivity contribution in [1.29, 1.82) is 0 Å². The third-order valence-electron chi connectivity index (χ3n) is 6.38. The summed E-state index contributed by atoms with van der Waals surface area (Å²) in [5.41, 5.74) is 4.40. The molecule has 1 N–H and O–H groups in total. The number of sulfone groups is 1. The molecule has 1 aromatic heterocycles. The van der Waals surface area contributed by atoms with E-state index in [0.717, 1.165) is 22.4 Å². The predicted octanol–water partition coefficient (Wildman–Crippen LogP) is 1.26. The molecule has 0 unspecified atom stereocenters. The zero-order valence-corrected chi connectivity index (χ0v) is 19.4. The molecule has 2 saturated heterocycles. The minimum Gasteiger partial charge on any atom is -0.483 e. The van der Waals surface area contributed by atoms with Crippen LogP contribution >= 0.6 is 0 Å². The molecule has 2 aromatic rings. The lowest BCUT2D eigenvalue weighted by Crippen LogP contribution is -2.38. The largest absolute Gasteiger partial charge is 0.483 e. The van der Waals surface area contributed by atoms with Crippen molar-refractivity contribution in [2.75, 3.05) is 32.9 Å². The molecule has 172 valence electrons. The number of amides is 1. The highest BCUT2D eigenvalue weighted by atomic mass is 32.2. The second kappa shape index (κ2) is 9.33. The average Bonchev–Trinajstić information content (AvgIpc) is 3.29. The van der Waals surface area contributed by atoms with Crippen molar-refractivity contribution < 1.29 is 23.1 Å². The van der Waals surface area contributed by atoms with E-state index in [1.165, 1.54) is 0 Å². The molecular weight excluding hydrogens is 432 g/mol. The molecule has 10 heteroatoms. The van der Waals surface area contributed by atoms with Gasteiger partial charge in [-0.1, -0.05) is 12.1 Å². The van der Waals surface area contributed by atoms with Crippen LogP contribution in [-0.4, -0.2) is 90.1 Å². The summed E-state index contributed by atoms with van der Waals surface area (Å²) in [5.74, 6) is 0.0392. The molecule has 0 bridgehead atoms. The molecule has 2 aliphatic rings. The van der Waals surface area contributed by atoms with Crippen molar-refractivity contribution in [3.05, 3.63) is 47.2 Å². The first-order valence-electron chi connectivity index (χ1n) is 10.2. The molecular formula is C22H28N4O5S. The third kappa shape index (κ3) is 4.51. The Kier molecular flexibility index (Phi) is 6.94. The number of benzene rings is 1. The van der Waals surface area contributed by atoms with Crippen LogP contribution in [0.15, 0.2) is 30.5 Å². The van der Waals surface area contributed by atoms with Gasteiger partial charge in [-0.15, -0.1) is 0 Å². The van der Waals surface area contributed by atoms with Gasteiger partial charge in [0.2, 0.25) is 0 Å². The normalized spacial score (nSPS) is 23.4. The Hall–Kier alpha value is -2.85. The Morgan fingerprint density at radius 3 is 2.41 bits per heavy atom. The first-order chi connectivity index (χ1) is 15.1. The van der Waals surface area contributed by atoms with Crippen molar-refractivity contribution >= 4 is 22.2 Å². The molecule has 3 atom stereocenters. The number of rotatable bonds is 3. The topological polar surface area (TPSA) is 121 Å². The van der Waals surface area contributed by atoms with Crippen molar-refractivity contribution in [3.63, 3.8) is 0 Å². The molecule has 1 amide bonds. The number of carbonyl (C=O) groups is 2. The number of hydrogen-bond donors (Lipinski definition) is 1. The van der Waals surface area contributed by atoms with E-state index in [9.17, 15) is 13.2 Å². The van der Waals surface area contributed by atoms with Crippen LogP contribution in [0.2, 0.25) is 0 Å². The quantitative estimate of drug-likeness (QED) is 0.680. The molecule has 9 nitrogen and oxygen atoms in total. The molecule has 32 heavy (non-hydrogen) atoms. The van der Waals surface area contributed by atoms with Crippen LogP contribution in [-0.2, 0) is 14.6 Å². The summed E-state index contributed by atoms with van der Waals surface area (Å²) in [5, 5.41) is 14.7. The summed E-state index contributed by atoms with van der Waals surface area (Å²) in [6.07, 6.45) is 1.73. The van der Waals surface area contributed by atoms with Crippen LogP contribution in [0, 0.1) is 19.8 Å². The van der Waals surface area contributed by atoms with E-state index in [2.05, 4.69) is 10.2 Å². The lowest BCUT2D eigenvalue weighted by molar-refractivity contribution is -0.122. The van der Waals surface area contributed by atoms with E-state index >= 15 is 0 Å². The number of likely N-dealkylation sites (tertiary alicyclic amines) is 1. The minimum absolute atomic E-state index is 0.0246. The summed E-state index contributed by atoms with van der Waals surface area (Å²) in [7, 11) is 0.640. The van der Waals surface area contributed by atoms with Crippen LogP contribution in [0.25, 0.3) is 11.3 Å². The van der Waals surface area contributed by atoms with E-state index in [1.807, 2.05) is 45.0 Å². The van der Waals surface area contributed by atoms with Crippen molar-refractivity contribution in [2.45, 2.75) is 25.1 Å².